The average molecular weight is 313 g/mol. The van der Waals surface area contributed by atoms with Crippen LogP contribution in [0, 0.1) is 0 Å². The predicted octanol–water partition coefficient (Wildman–Crippen LogP) is 4.09. The van der Waals surface area contributed by atoms with Crippen molar-refractivity contribution in [3.8, 4) is 11.5 Å². The van der Waals surface area contributed by atoms with Crippen molar-refractivity contribution in [2.75, 3.05) is 14.2 Å². The minimum absolute atomic E-state index is 0.398. The molecule has 0 heterocycles. The molecule has 0 saturated carbocycles. The molecule has 0 saturated heterocycles. The number of aliphatic hydroxyl groups is 1. The summed E-state index contributed by atoms with van der Waals surface area (Å²) >= 11 is 12.2. The van der Waals surface area contributed by atoms with E-state index in [1.165, 1.54) is 7.11 Å². The number of rotatable bonds is 4. The van der Waals surface area contributed by atoms with Crippen LogP contribution in [0.2, 0.25) is 10.0 Å². The summed E-state index contributed by atoms with van der Waals surface area (Å²) in [5, 5.41) is 11.2. The molecule has 0 radical (unpaired) electrons. The maximum Gasteiger partial charge on any atom is 0.138 e. The number of hydrogen-bond acceptors (Lipinski definition) is 3. The number of halogens is 2. The molecule has 0 fully saturated rings. The molecule has 0 aliphatic heterocycles. The Morgan fingerprint density at radius 2 is 1.60 bits per heavy atom. The van der Waals surface area contributed by atoms with Gasteiger partial charge in [-0.05, 0) is 23.8 Å². The number of hydrogen-bond donors (Lipinski definition) is 1. The van der Waals surface area contributed by atoms with E-state index in [0.717, 1.165) is 5.75 Å². The Kier molecular flexibility index (Phi) is 4.76. The van der Waals surface area contributed by atoms with Gasteiger partial charge in [-0.3, -0.25) is 0 Å². The van der Waals surface area contributed by atoms with Crippen LogP contribution in [0.25, 0.3) is 0 Å². The normalized spacial score (nSPS) is 12.1. The van der Waals surface area contributed by atoms with Crippen LogP contribution >= 0.6 is 23.2 Å². The van der Waals surface area contributed by atoms with Crippen molar-refractivity contribution in [2.24, 2.45) is 0 Å². The van der Waals surface area contributed by atoms with Crippen LogP contribution in [0.5, 0.6) is 11.5 Å². The number of aliphatic hydroxyl groups excluding tert-OH is 1. The molecule has 2 rings (SSSR count). The zero-order valence-electron chi connectivity index (χ0n) is 11.1. The van der Waals surface area contributed by atoms with Gasteiger partial charge in [0, 0.05) is 11.6 Å². The molecule has 0 amide bonds. The fourth-order valence-electron chi connectivity index (χ4n) is 1.88. The van der Waals surface area contributed by atoms with E-state index >= 15 is 0 Å². The molecule has 2 aromatic rings. The Morgan fingerprint density at radius 3 is 2.15 bits per heavy atom. The summed E-state index contributed by atoms with van der Waals surface area (Å²) in [6.07, 6.45) is -0.864. The Hall–Kier alpha value is -1.42. The minimum Gasteiger partial charge on any atom is -0.497 e. The molecule has 0 aromatic heterocycles. The molecule has 0 aliphatic rings. The summed E-state index contributed by atoms with van der Waals surface area (Å²) in [5.74, 6) is 1.20. The fourth-order valence-corrected chi connectivity index (χ4v) is 2.38. The molecule has 20 heavy (non-hydrogen) atoms. The van der Waals surface area contributed by atoms with Gasteiger partial charge in [0.15, 0.2) is 0 Å². The summed E-state index contributed by atoms with van der Waals surface area (Å²) in [6, 6.07) is 10.3. The third kappa shape index (κ3) is 3.01. The third-order valence-corrected chi connectivity index (χ3v) is 3.62. The van der Waals surface area contributed by atoms with E-state index in [1.807, 2.05) is 0 Å². The van der Waals surface area contributed by atoms with Crippen molar-refractivity contribution >= 4 is 23.2 Å². The quantitative estimate of drug-likeness (QED) is 0.924. The van der Waals surface area contributed by atoms with E-state index in [2.05, 4.69) is 0 Å². The van der Waals surface area contributed by atoms with Crippen LogP contribution in [-0.4, -0.2) is 19.3 Å². The second kappa shape index (κ2) is 6.35. The number of benzene rings is 2. The highest BCUT2D eigenvalue weighted by molar-refractivity contribution is 6.34. The van der Waals surface area contributed by atoms with Gasteiger partial charge in [0.2, 0.25) is 0 Å². The summed E-state index contributed by atoms with van der Waals surface area (Å²) in [6.45, 7) is 0. The lowest BCUT2D eigenvalue weighted by atomic mass is 10.0. The maximum atomic E-state index is 10.4. The van der Waals surface area contributed by atoms with E-state index in [1.54, 1.807) is 43.5 Å². The first-order valence-corrected chi connectivity index (χ1v) is 6.67. The van der Waals surface area contributed by atoms with Crippen molar-refractivity contribution < 1.29 is 14.6 Å². The molecular formula is C15H14Cl2O3. The van der Waals surface area contributed by atoms with Gasteiger partial charge in [-0.15, -0.1) is 0 Å². The molecule has 1 unspecified atom stereocenters. The van der Waals surface area contributed by atoms with Gasteiger partial charge >= 0.3 is 0 Å². The highest BCUT2D eigenvalue weighted by Crippen LogP contribution is 2.36. The highest BCUT2D eigenvalue weighted by Gasteiger charge is 2.17. The largest absolute Gasteiger partial charge is 0.497 e. The number of ether oxygens (including phenoxy) is 2. The summed E-state index contributed by atoms with van der Waals surface area (Å²) in [5.41, 5.74) is 1.23. The van der Waals surface area contributed by atoms with Crippen molar-refractivity contribution in [1.29, 1.82) is 0 Å². The van der Waals surface area contributed by atoms with Gasteiger partial charge in [-0.2, -0.15) is 0 Å². The second-order valence-electron chi connectivity index (χ2n) is 4.18. The van der Waals surface area contributed by atoms with Crippen molar-refractivity contribution in [3.63, 3.8) is 0 Å². The van der Waals surface area contributed by atoms with Crippen LogP contribution in [0.1, 0.15) is 17.2 Å². The minimum atomic E-state index is -0.864. The van der Waals surface area contributed by atoms with Crippen LogP contribution in [0.3, 0.4) is 0 Å². The SMILES string of the molecule is COc1ccc(C(O)c2cc(Cl)c(OC)cc2Cl)cc1. The smallest absolute Gasteiger partial charge is 0.138 e. The van der Waals surface area contributed by atoms with Gasteiger partial charge in [-0.1, -0.05) is 35.3 Å². The predicted molar refractivity (Wildman–Crippen MR) is 80.1 cm³/mol. The molecule has 5 heteroatoms. The molecular weight excluding hydrogens is 299 g/mol. The molecule has 106 valence electrons. The van der Waals surface area contributed by atoms with E-state index in [0.29, 0.717) is 26.9 Å². The summed E-state index contributed by atoms with van der Waals surface area (Å²) < 4.78 is 10.2. The molecule has 3 nitrogen and oxygen atoms in total. The lowest BCUT2D eigenvalue weighted by Gasteiger charge is -2.15. The summed E-state index contributed by atoms with van der Waals surface area (Å²) in [7, 11) is 3.10. The Bertz CT molecular complexity index is 597. The molecule has 0 spiro atoms. The average Bonchev–Trinajstić information content (AvgIpc) is 2.48. The van der Waals surface area contributed by atoms with Crippen LogP contribution < -0.4 is 9.47 Å². The van der Waals surface area contributed by atoms with Gasteiger partial charge in [0.25, 0.3) is 0 Å². The van der Waals surface area contributed by atoms with Gasteiger partial charge in [0.05, 0.1) is 24.3 Å². The maximum absolute atomic E-state index is 10.4. The van der Waals surface area contributed by atoms with Crippen molar-refractivity contribution in [1.82, 2.24) is 0 Å². The van der Waals surface area contributed by atoms with Crippen LogP contribution in [0.4, 0.5) is 0 Å². The second-order valence-corrected chi connectivity index (χ2v) is 5.00. The molecule has 1 atom stereocenters. The summed E-state index contributed by atoms with van der Waals surface area (Å²) in [4.78, 5) is 0. The van der Waals surface area contributed by atoms with E-state index in [9.17, 15) is 5.11 Å². The van der Waals surface area contributed by atoms with Crippen molar-refractivity contribution in [2.45, 2.75) is 6.10 Å². The van der Waals surface area contributed by atoms with Crippen molar-refractivity contribution in [3.05, 3.63) is 57.6 Å². The monoisotopic (exact) mass is 312 g/mol. The van der Waals surface area contributed by atoms with E-state index < -0.39 is 6.10 Å². The highest BCUT2D eigenvalue weighted by atomic mass is 35.5. The standard InChI is InChI=1S/C15H14Cl2O3/c1-19-10-5-3-9(4-6-10)15(18)11-7-13(17)14(20-2)8-12(11)16/h3-8,15,18H,1-2H3. The first-order chi connectivity index (χ1) is 9.56. The Morgan fingerprint density at radius 1 is 0.950 bits per heavy atom. The van der Waals surface area contributed by atoms with Gasteiger partial charge in [0.1, 0.15) is 17.6 Å². The lowest BCUT2D eigenvalue weighted by Crippen LogP contribution is -2.01. The third-order valence-electron chi connectivity index (χ3n) is 3.00. The zero-order valence-corrected chi connectivity index (χ0v) is 12.6. The zero-order chi connectivity index (χ0) is 14.7. The number of methoxy groups -OCH3 is 2. The Balaban J connectivity index is 2.36. The lowest BCUT2D eigenvalue weighted by molar-refractivity contribution is 0.220. The van der Waals surface area contributed by atoms with Gasteiger partial charge < -0.3 is 14.6 Å². The first-order valence-electron chi connectivity index (χ1n) is 5.91. The van der Waals surface area contributed by atoms with Gasteiger partial charge in [-0.25, -0.2) is 0 Å². The fraction of sp³-hybridized carbons (Fsp3) is 0.200. The first kappa shape index (κ1) is 15.0. The Labute approximate surface area is 127 Å². The van der Waals surface area contributed by atoms with Crippen LogP contribution in [0.15, 0.2) is 36.4 Å². The van der Waals surface area contributed by atoms with E-state index in [-0.39, 0.29) is 0 Å². The molecule has 0 bridgehead atoms. The molecule has 1 N–H and O–H groups in total. The topological polar surface area (TPSA) is 38.7 Å². The molecule has 0 aliphatic carbocycles. The van der Waals surface area contributed by atoms with Crippen LogP contribution in [-0.2, 0) is 0 Å². The molecule has 2 aromatic carbocycles. The van der Waals surface area contributed by atoms with E-state index in [4.69, 9.17) is 32.7 Å².